The van der Waals surface area contributed by atoms with Crippen LogP contribution in [0, 0.1) is 0 Å². The summed E-state index contributed by atoms with van der Waals surface area (Å²) < 4.78 is 5.99. The van der Waals surface area contributed by atoms with Gasteiger partial charge in [-0.15, -0.1) is 0 Å². The molecule has 0 saturated heterocycles. The second kappa shape index (κ2) is 12.4. The van der Waals surface area contributed by atoms with Gasteiger partial charge in [-0.3, -0.25) is 0 Å². The highest BCUT2D eigenvalue weighted by Crippen LogP contribution is 2.25. The first-order valence-electron chi connectivity index (χ1n) is 11.6. The number of hydrogen-bond acceptors (Lipinski definition) is 1. The smallest absolute Gasteiger partial charge is 0.0501 e. The number of hydrogen-bond donors (Lipinski definition) is 0. The largest absolute Gasteiger partial charge is 0.381 e. The first-order chi connectivity index (χ1) is 16.4. The molecule has 0 aromatic heterocycles. The van der Waals surface area contributed by atoms with Gasteiger partial charge in [0.2, 0.25) is 0 Å². The van der Waals surface area contributed by atoms with E-state index in [4.69, 9.17) is 4.74 Å². The van der Waals surface area contributed by atoms with Crippen LogP contribution in [0.1, 0.15) is 35.1 Å². The zero-order valence-corrected chi connectivity index (χ0v) is 18.9. The van der Waals surface area contributed by atoms with Gasteiger partial charge in [0, 0.05) is 0 Å². The molecule has 4 aromatic carbocycles. The highest BCUT2D eigenvalue weighted by Gasteiger charge is 2.05. The van der Waals surface area contributed by atoms with Gasteiger partial charge >= 0.3 is 0 Å². The first-order valence-corrected chi connectivity index (χ1v) is 11.6. The van der Waals surface area contributed by atoms with Gasteiger partial charge in [-0.25, -0.2) is 0 Å². The Morgan fingerprint density at radius 2 is 0.697 bits per heavy atom. The lowest BCUT2D eigenvalue weighted by Crippen LogP contribution is -1.97. The van der Waals surface area contributed by atoms with Crippen molar-refractivity contribution in [2.24, 2.45) is 0 Å². The average molecular weight is 431 g/mol. The van der Waals surface area contributed by atoms with E-state index in [-0.39, 0.29) is 0 Å². The third-order valence-corrected chi connectivity index (χ3v) is 5.56. The Morgan fingerprint density at radius 1 is 0.424 bits per heavy atom. The average Bonchev–Trinajstić information content (AvgIpc) is 2.90. The van der Waals surface area contributed by atoms with E-state index >= 15 is 0 Å². The first kappa shape index (κ1) is 22.5. The molecule has 0 N–H and O–H groups in total. The minimum atomic E-state index is 0.711. The van der Waals surface area contributed by atoms with Crippen LogP contribution >= 0.6 is 0 Å². The fraction of sp³-hybridized carbons (Fsp3) is 0.125. The molecular formula is C32H30O. The molecule has 4 aromatic rings. The topological polar surface area (TPSA) is 9.23 Å². The maximum Gasteiger partial charge on any atom is 0.0501 e. The van der Waals surface area contributed by atoms with E-state index in [1.807, 2.05) is 0 Å². The molecule has 0 amide bonds. The molecule has 0 radical (unpaired) electrons. The van der Waals surface area contributed by atoms with Crippen molar-refractivity contribution in [2.75, 3.05) is 13.2 Å². The Hall–Kier alpha value is -3.68. The SMILES string of the molecule is C(CCOCCC=C(c1ccccc1)c1ccccc1)=C(c1ccccc1)c1ccccc1. The summed E-state index contributed by atoms with van der Waals surface area (Å²) in [6, 6.07) is 42.3. The Labute approximate surface area is 197 Å². The van der Waals surface area contributed by atoms with Crippen molar-refractivity contribution in [3.63, 3.8) is 0 Å². The monoisotopic (exact) mass is 430 g/mol. The summed E-state index contributed by atoms with van der Waals surface area (Å²) in [6.07, 6.45) is 6.35. The minimum Gasteiger partial charge on any atom is -0.381 e. The Morgan fingerprint density at radius 3 is 0.970 bits per heavy atom. The van der Waals surface area contributed by atoms with Crippen LogP contribution in [0.4, 0.5) is 0 Å². The molecule has 4 rings (SSSR count). The quantitative estimate of drug-likeness (QED) is 0.231. The summed E-state index contributed by atoms with van der Waals surface area (Å²) in [5, 5.41) is 0. The van der Waals surface area contributed by atoms with Crippen molar-refractivity contribution < 1.29 is 4.74 Å². The lowest BCUT2D eigenvalue weighted by molar-refractivity contribution is 0.143. The van der Waals surface area contributed by atoms with Crippen molar-refractivity contribution in [1.29, 1.82) is 0 Å². The molecule has 33 heavy (non-hydrogen) atoms. The van der Waals surface area contributed by atoms with Gasteiger partial charge in [0.25, 0.3) is 0 Å². The van der Waals surface area contributed by atoms with Crippen molar-refractivity contribution in [1.82, 2.24) is 0 Å². The molecule has 0 saturated carbocycles. The van der Waals surface area contributed by atoms with Gasteiger partial charge in [0.05, 0.1) is 13.2 Å². The maximum absolute atomic E-state index is 5.99. The molecule has 164 valence electrons. The lowest BCUT2D eigenvalue weighted by atomic mass is 9.97. The van der Waals surface area contributed by atoms with Gasteiger partial charge in [-0.1, -0.05) is 133 Å². The molecule has 0 unspecified atom stereocenters. The van der Waals surface area contributed by atoms with Crippen LogP contribution in [0.5, 0.6) is 0 Å². The molecule has 1 heteroatoms. The molecular weight excluding hydrogens is 400 g/mol. The fourth-order valence-electron chi connectivity index (χ4n) is 3.95. The zero-order valence-electron chi connectivity index (χ0n) is 18.9. The summed E-state index contributed by atoms with van der Waals surface area (Å²) >= 11 is 0. The van der Waals surface area contributed by atoms with Crippen LogP contribution in [-0.2, 0) is 4.74 Å². The van der Waals surface area contributed by atoms with Crippen molar-refractivity contribution in [2.45, 2.75) is 12.8 Å². The van der Waals surface area contributed by atoms with E-state index in [2.05, 4.69) is 133 Å². The minimum absolute atomic E-state index is 0.711. The van der Waals surface area contributed by atoms with Gasteiger partial charge in [-0.2, -0.15) is 0 Å². The lowest BCUT2D eigenvalue weighted by Gasteiger charge is -2.10. The molecule has 1 nitrogen and oxygen atoms in total. The second-order valence-corrected chi connectivity index (χ2v) is 7.89. The molecule has 0 spiro atoms. The summed E-state index contributed by atoms with van der Waals surface area (Å²) in [5.74, 6) is 0. The van der Waals surface area contributed by atoms with E-state index in [1.54, 1.807) is 0 Å². The van der Waals surface area contributed by atoms with Gasteiger partial charge in [-0.05, 0) is 46.2 Å². The highest BCUT2D eigenvalue weighted by molar-refractivity contribution is 5.80. The van der Waals surface area contributed by atoms with E-state index in [0.29, 0.717) is 13.2 Å². The second-order valence-electron chi connectivity index (χ2n) is 7.89. The van der Waals surface area contributed by atoms with Crippen LogP contribution in [0.3, 0.4) is 0 Å². The predicted molar refractivity (Wildman–Crippen MR) is 140 cm³/mol. The van der Waals surface area contributed by atoms with Crippen LogP contribution < -0.4 is 0 Å². The van der Waals surface area contributed by atoms with Crippen LogP contribution in [0.2, 0.25) is 0 Å². The molecule has 0 aliphatic rings. The Bertz CT molecular complexity index is 966. The molecule has 0 bridgehead atoms. The van der Waals surface area contributed by atoms with Crippen LogP contribution in [0.25, 0.3) is 11.1 Å². The van der Waals surface area contributed by atoms with Crippen molar-refractivity contribution in [3.05, 3.63) is 156 Å². The third-order valence-electron chi connectivity index (χ3n) is 5.56. The molecule has 0 aliphatic heterocycles. The van der Waals surface area contributed by atoms with E-state index in [1.165, 1.54) is 33.4 Å². The van der Waals surface area contributed by atoms with Crippen LogP contribution in [0.15, 0.2) is 133 Å². The highest BCUT2D eigenvalue weighted by atomic mass is 16.5. The summed E-state index contributed by atoms with van der Waals surface area (Å²) in [7, 11) is 0. The van der Waals surface area contributed by atoms with E-state index < -0.39 is 0 Å². The summed E-state index contributed by atoms with van der Waals surface area (Å²) in [6.45, 7) is 1.42. The van der Waals surface area contributed by atoms with Gasteiger partial charge in [0.15, 0.2) is 0 Å². The van der Waals surface area contributed by atoms with E-state index in [0.717, 1.165) is 12.8 Å². The van der Waals surface area contributed by atoms with Crippen LogP contribution in [-0.4, -0.2) is 13.2 Å². The van der Waals surface area contributed by atoms with Crippen molar-refractivity contribution >= 4 is 11.1 Å². The van der Waals surface area contributed by atoms with Crippen molar-refractivity contribution in [3.8, 4) is 0 Å². The third kappa shape index (κ3) is 6.65. The molecule has 0 heterocycles. The Kier molecular flexibility index (Phi) is 8.45. The number of benzene rings is 4. The summed E-state index contributed by atoms with van der Waals surface area (Å²) in [5.41, 5.74) is 7.47. The zero-order chi connectivity index (χ0) is 22.6. The maximum atomic E-state index is 5.99. The normalized spacial score (nSPS) is 10.4. The van der Waals surface area contributed by atoms with E-state index in [9.17, 15) is 0 Å². The fourth-order valence-corrected chi connectivity index (χ4v) is 3.95. The standard InChI is InChI=1S/C32H30O/c1-5-15-27(16-6-1)31(28-17-7-2-8-18-28)23-13-25-33-26-14-24-32(29-19-9-3-10-20-29)30-21-11-4-12-22-30/h1-12,15-24H,13-14,25-26H2. The van der Waals surface area contributed by atoms with Gasteiger partial charge < -0.3 is 4.74 Å². The molecule has 0 atom stereocenters. The molecule has 0 fully saturated rings. The predicted octanol–water partition coefficient (Wildman–Crippen LogP) is 8.05. The molecule has 0 aliphatic carbocycles. The Balaban J connectivity index is 1.36. The number of rotatable bonds is 10. The van der Waals surface area contributed by atoms with Gasteiger partial charge in [0.1, 0.15) is 0 Å². The summed E-state index contributed by atoms with van der Waals surface area (Å²) in [4.78, 5) is 0. The number of ether oxygens (including phenoxy) is 1.